The van der Waals surface area contributed by atoms with E-state index in [9.17, 15) is 9.59 Å². The molecule has 5 heteroatoms. The summed E-state index contributed by atoms with van der Waals surface area (Å²) in [5.74, 6) is 1.07. The van der Waals surface area contributed by atoms with Gasteiger partial charge in [0.05, 0.1) is 5.56 Å². The van der Waals surface area contributed by atoms with E-state index in [1.807, 2.05) is 24.3 Å². The molecular formula is C22H33N3O2. The van der Waals surface area contributed by atoms with Crippen LogP contribution in [0.1, 0.15) is 62.7 Å². The van der Waals surface area contributed by atoms with Crippen LogP contribution in [0.3, 0.4) is 0 Å². The van der Waals surface area contributed by atoms with Gasteiger partial charge in [0.25, 0.3) is 5.91 Å². The Morgan fingerprint density at radius 1 is 1.11 bits per heavy atom. The van der Waals surface area contributed by atoms with E-state index in [0.717, 1.165) is 56.4 Å². The van der Waals surface area contributed by atoms with Crippen molar-refractivity contribution in [2.24, 2.45) is 11.8 Å². The fourth-order valence-corrected chi connectivity index (χ4v) is 3.77. The lowest BCUT2D eigenvalue weighted by Gasteiger charge is -2.36. The fourth-order valence-electron chi connectivity index (χ4n) is 3.77. The van der Waals surface area contributed by atoms with E-state index < -0.39 is 0 Å². The molecule has 5 nitrogen and oxygen atoms in total. The van der Waals surface area contributed by atoms with Crippen LogP contribution in [0.2, 0.25) is 0 Å². The predicted octanol–water partition coefficient (Wildman–Crippen LogP) is 3.35. The molecule has 0 atom stereocenters. The molecule has 1 aliphatic carbocycles. The van der Waals surface area contributed by atoms with Crippen LogP contribution in [0.5, 0.6) is 0 Å². The van der Waals surface area contributed by atoms with Gasteiger partial charge in [-0.2, -0.15) is 0 Å². The van der Waals surface area contributed by atoms with Gasteiger partial charge in [0.15, 0.2) is 0 Å². The van der Waals surface area contributed by atoms with Gasteiger partial charge >= 0.3 is 0 Å². The number of nitrogens with zero attached hydrogens (tertiary/aromatic N) is 1. The SMILES string of the molecule is CC(C)CCNC(=O)c1ccccc1N1CCC(NC(=O)C2CCC2)CC1. The second kappa shape index (κ2) is 9.25. The highest BCUT2D eigenvalue weighted by atomic mass is 16.2. The highest BCUT2D eigenvalue weighted by molar-refractivity contribution is 5.99. The van der Waals surface area contributed by atoms with Crippen LogP contribution in [0.4, 0.5) is 5.69 Å². The Morgan fingerprint density at radius 2 is 1.81 bits per heavy atom. The standard InChI is InChI=1S/C22H33N3O2/c1-16(2)10-13-23-22(27)19-8-3-4-9-20(19)25-14-11-18(12-15-25)24-21(26)17-6-5-7-17/h3-4,8-9,16-18H,5-7,10-15H2,1-2H3,(H,23,27)(H,24,26). The average Bonchev–Trinajstić information content (AvgIpc) is 2.60. The lowest BCUT2D eigenvalue weighted by molar-refractivity contribution is -0.128. The summed E-state index contributed by atoms with van der Waals surface area (Å²) in [6.45, 7) is 6.76. The Bertz CT molecular complexity index is 647. The van der Waals surface area contributed by atoms with Gasteiger partial charge in [0.1, 0.15) is 0 Å². The van der Waals surface area contributed by atoms with Crippen molar-refractivity contribution in [3.63, 3.8) is 0 Å². The number of para-hydroxylation sites is 1. The third-order valence-electron chi connectivity index (χ3n) is 5.81. The number of hydrogen-bond donors (Lipinski definition) is 2. The Balaban J connectivity index is 1.54. The summed E-state index contributed by atoms with van der Waals surface area (Å²) in [6, 6.07) is 8.12. The van der Waals surface area contributed by atoms with Gasteiger partial charge in [-0.1, -0.05) is 32.4 Å². The first-order valence-electron chi connectivity index (χ1n) is 10.5. The zero-order valence-electron chi connectivity index (χ0n) is 16.7. The molecule has 3 rings (SSSR count). The first-order chi connectivity index (χ1) is 13.0. The van der Waals surface area contributed by atoms with Crippen LogP contribution in [0, 0.1) is 11.8 Å². The average molecular weight is 372 g/mol. The topological polar surface area (TPSA) is 61.4 Å². The minimum atomic E-state index is 0.00617. The van der Waals surface area contributed by atoms with E-state index in [-0.39, 0.29) is 23.8 Å². The molecule has 1 saturated carbocycles. The number of carbonyl (C=O) groups excluding carboxylic acids is 2. The number of amides is 2. The molecule has 1 aromatic rings. The van der Waals surface area contributed by atoms with E-state index in [2.05, 4.69) is 29.4 Å². The molecule has 2 fully saturated rings. The van der Waals surface area contributed by atoms with Crippen molar-refractivity contribution in [2.45, 2.75) is 58.4 Å². The van der Waals surface area contributed by atoms with Gasteiger partial charge in [-0.05, 0) is 50.2 Å². The Hall–Kier alpha value is -2.04. The monoisotopic (exact) mass is 371 g/mol. The van der Waals surface area contributed by atoms with Crippen LogP contribution in [-0.4, -0.2) is 37.5 Å². The van der Waals surface area contributed by atoms with E-state index >= 15 is 0 Å². The molecule has 0 radical (unpaired) electrons. The number of benzene rings is 1. The Kier molecular flexibility index (Phi) is 6.75. The highest BCUT2D eigenvalue weighted by Gasteiger charge is 2.29. The zero-order valence-corrected chi connectivity index (χ0v) is 16.7. The van der Waals surface area contributed by atoms with Crippen molar-refractivity contribution in [1.29, 1.82) is 0 Å². The summed E-state index contributed by atoms with van der Waals surface area (Å²) < 4.78 is 0. The summed E-state index contributed by atoms with van der Waals surface area (Å²) >= 11 is 0. The van der Waals surface area contributed by atoms with Crippen molar-refractivity contribution in [1.82, 2.24) is 10.6 Å². The lowest BCUT2D eigenvalue weighted by Crippen LogP contribution is -2.47. The van der Waals surface area contributed by atoms with E-state index in [1.165, 1.54) is 6.42 Å². The molecular weight excluding hydrogens is 338 g/mol. The molecule has 1 saturated heterocycles. The van der Waals surface area contributed by atoms with Crippen LogP contribution in [0.15, 0.2) is 24.3 Å². The molecule has 1 aliphatic heterocycles. The Morgan fingerprint density at radius 3 is 2.44 bits per heavy atom. The van der Waals surface area contributed by atoms with Crippen molar-refractivity contribution < 1.29 is 9.59 Å². The summed E-state index contributed by atoms with van der Waals surface area (Å²) in [5, 5.41) is 6.27. The summed E-state index contributed by atoms with van der Waals surface area (Å²) in [6.07, 6.45) is 6.13. The second-order valence-electron chi connectivity index (χ2n) is 8.35. The van der Waals surface area contributed by atoms with Crippen LogP contribution >= 0.6 is 0 Å². The molecule has 0 unspecified atom stereocenters. The van der Waals surface area contributed by atoms with Gasteiger partial charge in [0.2, 0.25) is 5.91 Å². The molecule has 2 N–H and O–H groups in total. The first-order valence-corrected chi connectivity index (χ1v) is 10.5. The number of rotatable bonds is 7. The van der Waals surface area contributed by atoms with Gasteiger partial charge in [-0.15, -0.1) is 0 Å². The first kappa shape index (κ1) is 19.7. The lowest BCUT2D eigenvalue weighted by atomic mass is 9.84. The van der Waals surface area contributed by atoms with Crippen LogP contribution in [0.25, 0.3) is 0 Å². The molecule has 2 amide bonds. The maximum Gasteiger partial charge on any atom is 0.253 e. The quantitative estimate of drug-likeness (QED) is 0.773. The summed E-state index contributed by atoms with van der Waals surface area (Å²) in [4.78, 5) is 27.1. The molecule has 2 aliphatic rings. The third kappa shape index (κ3) is 5.24. The fraction of sp³-hybridized carbons (Fsp3) is 0.636. The maximum atomic E-state index is 12.6. The van der Waals surface area contributed by atoms with E-state index in [4.69, 9.17) is 0 Å². The number of hydrogen-bond acceptors (Lipinski definition) is 3. The zero-order chi connectivity index (χ0) is 19.2. The molecule has 0 spiro atoms. The molecule has 1 heterocycles. The van der Waals surface area contributed by atoms with Crippen molar-refractivity contribution >= 4 is 17.5 Å². The van der Waals surface area contributed by atoms with Crippen LogP contribution < -0.4 is 15.5 Å². The molecule has 1 aromatic carbocycles. The van der Waals surface area contributed by atoms with Crippen LogP contribution in [-0.2, 0) is 4.79 Å². The summed E-state index contributed by atoms with van der Waals surface area (Å²) in [7, 11) is 0. The van der Waals surface area contributed by atoms with Crippen molar-refractivity contribution in [2.75, 3.05) is 24.5 Å². The van der Waals surface area contributed by atoms with Gasteiger partial charge in [-0.3, -0.25) is 9.59 Å². The number of carbonyl (C=O) groups is 2. The Labute approximate surface area is 162 Å². The normalized spacial score (nSPS) is 18.3. The summed E-state index contributed by atoms with van der Waals surface area (Å²) in [5.41, 5.74) is 1.75. The second-order valence-corrected chi connectivity index (χ2v) is 8.35. The van der Waals surface area contributed by atoms with E-state index in [1.54, 1.807) is 0 Å². The highest BCUT2D eigenvalue weighted by Crippen LogP contribution is 2.28. The largest absolute Gasteiger partial charge is 0.371 e. The van der Waals surface area contributed by atoms with Gasteiger partial charge < -0.3 is 15.5 Å². The minimum absolute atomic E-state index is 0.00617. The minimum Gasteiger partial charge on any atom is -0.371 e. The van der Waals surface area contributed by atoms with Gasteiger partial charge in [-0.25, -0.2) is 0 Å². The smallest absolute Gasteiger partial charge is 0.253 e. The molecule has 0 bridgehead atoms. The molecule has 27 heavy (non-hydrogen) atoms. The maximum absolute atomic E-state index is 12.6. The van der Waals surface area contributed by atoms with Gasteiger partial charge in [0, 0.05) is 37.3 Å². The number of nitrogens with one attached hydrogen (secondary N) is 2. The third-order valence-corrected chi connectivity index (χ3v) is 5.81. The number of piperidine rings is 1. The molecule has 0 aromatic heterocycles. The van der Waals surface area contributed by atoms with Crippen molar-refractivity contribution in [3.8, 4) is 0 Å². The molecule has 148 valence electrons. The number of anilines is 1. The van der Waals surface area contributed by atoms with Crippen molar-refractivity contribution in [3.05, 3.63) is 29.8 Å². The predicted molar refractivity (Wildman–Crippen MR) is 109 cm³/mol. The van der Waals surface area contributed by atoms with E-state index in [0.29, 0.717) is 12.5 Å².